The van der Waals surface area contributed by atoms with Crippen molar-refractivity contribution in [2.24, 2.45) is 5.73 Å². The van der Waals surface area contributed by atoms with E-state index in [-0.39, 0.29) is 5.84 Å². The lowest BCUT2D eigenvalue weighted by Crippen LogP contribution is -2.12. The summed E-state index contributed by atoms with van der Waals surface area (Å²) in [7, 11) is 0. The molecule has 0 unspecified atom stereocenters. The zero-order valence-corrected chi connectivity index (χ0v) is 11.5. The third-order valence-electron chi connectivity index (χ3n) is 2.53. The Labute approximate surface area is 114 Å². The van der Waals surface area contributed by atoms with E-state index in [1.54, 1.807) is 12.1 Å². The number of hydrogen-bond donors (Lipinski definition) is 2. The van der Waals surface area contributed by atoms with Crippen LogP contribution in [0.15, 0.2) is 46.9 Å². The van der Waals surface area contributed by atoms with Crippen molar-refractivity contribution in [2.45, 2.75) is 6.92 Å². The minimum absolute atomic E-state index is 0.000338. The lowest BCUT2D eigenvalue weighted by molar-refractivity contribution is 0.477. The van der Waals surface area contributed by atoms with Crippen LogP contribution in [-0.2, 0) is 0 Å². The quantitative estimate of drug-likeness (QED) is 0.668. The van der Waals surface area contributed by atoms with Gasteiger partial charge in [-0.15, -0.1) is 0 Å². The highest BCUT2D eigenvalue weighted by molar-refractivity contribution is 9.10. The summed E-state index contributed by atoms with van der Waals surface area (Å²) in [5.74, 6) is 1.35. The number of ether oxygens (including phenoxy) is 1. The smallest absolute Gasteiger partial charge is 0.138 e. The fourth-order valence-corrected chi connectivity index (χ4v) is 2.10. The van der Waals surface area contributed by atoms with Crippen LogP contribution in [0.3, 0.4) is 0 Å². The van der Waals surface area contributed by atoms with Gasteiger partial charge in [-0.05, 0) is 42.8 Å². The number of benzene rings is 2. The van der Waals surface area contributed by atoms with Gasteiger partial charge in [0.2, 0.25) is 0 Å². The molecule has 18 heavy (non-hydrogen) atoms. The molecule has 3 N–H and O–H groups in total. The monoisotopic (exact) mass is 304 g/mol. The van der Waals surface area contributed by atoms with Gasteiger partial charge >= 0.3 is 0 Å². The molecule has 0 aliphatic heterocycles. The molecule has 0 radical (unpaired) electrons. The van der Waals surface area contributed by atoms with E-state index in [4.69, 9.17) is 15.9 Å². The van der Waals surface area contributed by atoms with Crippen LogP contribution in [0.25, 0.3) is 0 Å². The maximum atomic E-state index is 7.52. The standard InChI is InChI=1S/C14H13BrN2O/c1-9-8-10(15)6-7-12(9)18-13-5-3-2-4-11(13)14(16)17/h2-8H,1H3,(H3,16,17). The minimum Gasteiger partial charge on any atom is -0.456 e. The molecule has 2 aromatic rings. The highest BCUT2D eigenvalue weighted by Gasteiger charge is 2.08. The van der Waals surface area contributed by atoms with E-state index < -0.39 is 0 Å². The van der Waals surface area contributed by atoms with Gasteiger partial charge in [-0.2, -0.15) is 0 Å². The van der Waals surface area contributed by atoms with Crippen LogP contribution >= 0.6 is 15.9 Å². The second-order valence-electron chi connectivity index (χ2n) is 3.92. The molecule has 92 valence electrons. The maximum absolute atomic E-state index is 7.52. The Morgan fingerprint density at radius 2 is 1.89 bits per heavy atom. The predicted molar refractivity (Wildman–Crippen MR) is 76.4 cm³/mol. The summed E-state index contributed by atoms with van der Waals surface area (Å²) in [6, 6.07) is 13.0. The number of nitrogen functional groups attached to an aromatic ring is 1. The van der Waals surface area contributed by atoms with E-state index in [0.29, 0.717) is 11.3 Å². The molecule has 4 heteroatoms. The molecule has 0 spiro atoms. The zero-order valence-electron chi connectivity index (χ0n) is 9.91. The van der Waals surface area contributed by atoms with Crippen molar-refractivity contribution in [3.05, 3.63) is 58.1 Å². The molecular formula is C14H13BrN2O. The average Bonchev–Trinajstić information content (AvgIpc) is 2.33. The summed E-state index contributed by atoms with van der Waals surface area (Å²) in [5.41, 5.74) is 7.14. The summed E-state index contributed by atoms with van der Waals surface area (Å²) in [6.07, 6.45) is 0. The van der Waals surface area contributed by atoms with Gasteiger partial charge < -0.3 is 10.5 Å². The first-order valence-corrected chi connectivity index (χ1v) is 6.24. The molecule has 3 nitrogen and oxygen atoms in total. The molecule has 0 saturated heterocycles. The topological polar surface area (TPSA) is 59.1 Å². The number of aryl methyl sites for hydroxylation is 1. The fourth-order valence-electron chi connectivity index (χ4n) is 1.62. The van der Waals surface area contributed by atoms with Crippen molar-refractivity contribution >= 4 is 21.8 Å². The molecule has 0 amide bonds. The molecule has 0 aliphatic rings. The van der Waals surface area contributed by atoms with Gasteiger partial charge in [-0.3, -0.25) is 5.41 Å². The van der Waals surface area contributed by atoms with E-state index in [2.05, 4.69) is 15.9 Å². The molecule has 0 aliphatic carbocycles. The Bertz CT molecular complexity index is 596. The Kier molecular flexibility index (Phi) is 3.67. The lowest BCUT2D eigenvalue weighted by Gasteiger charge is -2.12. The van der Waals surface area contributed by atoms with E-state index in [1.165, 1.54) is 0 Å². The Balaban J connectivity index is 2.37. The van der Waals surface area contributed by atoms with Crippen molar-refractivity contribution in [2.75, 3.05) is 0 Å². The van der Waals surface area contributed by atoms with Gasteiger partial charge in [0.05, 0.1) is 5.56 Å². The zero-order chi connectivity index (χ0) is 13.1. The molecule has 0 saturated carbocycles. The van der Waals surface area contributed by atoms with Gasteiger partial charge in [0.1, 0.15) is 17.3 Å². The van der Waals surface area contributed by atoms with Gasteiger partial charge in [-0.25, -0.2) is 0 Å². The highest BCUT2D eigenvalue weighted by atomic mass is 79.9. The minimum atomic E-state index is 0.000338. The summed E-state index contributed by atoms with van der Waals surface area (Å²) in [5, 5.41) is 7.52. The Morgan fingerprint density at radius 3 is 2.56 bits per heavy atom. The molecular weight excluding hydrogens is 292 g/mol. The van der Waals surface area contributed by atoms with Crippen LogP contribution in [0.2, 0.25) is 0 Å². The molecule has 0 atom stereocenters. The van der Waals surface area contributed by atoms with Crippen LogP contribution in [0.5, 0.6) is 11.5 Å². The Hall–Kier alpha value is -1.81. The number of rotatable bonds is 3. The third kappa shape index (κ3) is 2.71. The number of nitrogens with two attached hydrogens (primary N) is 1. The molecule has 2 rings (SSSR count). The predicted octanol–water partition coefficient (Wildman–Crippen LogP) is 3.83. The van der Waals surface area contributed by atoms with Crippen molar-refractivity contribution in [3.63, 3.8) is 0 Å². The molecule has 0 fully saturated rings. The second-order valence-corrected chi connectivity index (χ2v) is 4.84. The normalized spacial score (nSPS) is 10.1. The van der Waals surface area contributed by atoms with Crippen LogP contribution in [-0.4, -0.2) is 5.84 Å². The van der Waals surface area contributed by atoms with Crippen molar-refractivity contribution in [1.29, 1.82) is 5.41 Å². The molecule has 0 aromatic heterocycles. The van der Waals surface area contributed by atoms with Crippen molar-refractivity contribution in [3.8, 4) is 11.5 Å². The van der Waals surface area contributed by atoms with Gasteiger partial charge in [0, 0.05) is 4.47 Å². The van der Waals surface area contributed by atoms with Gasteiger partial charge in [0.25, 0.3) is 0 Å². The maximum Gasteiger partial charge on any atom is 0.138 e. The fraction of sp³-hybridized carbons (Fsp3) is 0.0714. The summed E-state index contributed by atoms with van der Waals surface area (Å²) in [4.78, 5) is 0. The average molecular weight is 305 g/mol. The first kappa shape index (κ1) is 12.6. The lowest BCUT2D eigenvalue weighted by atomic mass is 10.2. The highest BCUT2D eigenvalue weighted by Crippen LogP contribution is 2.29. The van der Waals surface area contributed by atoms with E-state index in [1.807, 2.05) is 37.3 Å². The van der Waals surface area contributed by atoms with Crippen LogP contribution in [0.1, 0.15) is 11.1 Å². The third-order valence-corrected chi connectivity index (χ3v) is 3.03. The molecule has 0 bridgehead atoms. The summed E-state index contributed by atoms with van der Waals surface area (Å²) in [6.45, 7) is 1.97. The van der Waals surface area contributed by atoms with Crippen molar-refractivity contribution in [1.82, 2.24) is 0 Å². The number of halogens is 1. The van der Waals surface area contributed by atoms with Crippen molar-refractivity contribution < 1.29 is 4.74 Å². The van der Waals surface area contributed by atoms with Crippen LogP contribution < -0.4 is 10.5 Å². The molecule has 0 heterocycles. The van der Waals surface area contributed by atoms with Gasteiger partial charge in [-0.1, -0.05) is 28.1 Å². The largest absolute Gasteiger partial charge is 0.456 e. The van der Waals surface area contributed by atoms with Gasteiger partial charge in [0.15, 0.2) is 0 Å². The summed E-state index contributed by atoms with van der Waals surface area (Å²) < 4.78 is 6.82. The van der Waals surface area contributed by atoms with E-state index in [0.717, 1.165) is 15.8 Å². The van der Waals surface area contributed by atoms with E-state index in [9.17, 15) is 0 Å². The number of nitrogens with one attached hydrogen (secondary N) is 1. The SMILES string of the molecule is Cc1cc(Br)ccc1Oc1ccccc1C(=N)N. The number of para-hydroxylation sites is 1. The van der Waals surface area contributed by atoms with Crippen LogP contribution in [0.4, 0.5) is 0 Å². The van der Waals surface area contributed by atoms with Crippen LogP contribution in [0, 0.1) is 12.3 Å². The first-order valence-electron chi connectivity index (χ1n) is 5.45. The molecule has 2 aromatic carbocycles. The number of amidine groups is 1. The second kappa shape index (κ2) is 5.23. The van der Waals surface area contributed by atoms with E-state index >= 15 is 0 Å². The number of hydrogen-bond acceptors (Lipinski definition) is 2. The summed E-state index contributed by atoms with van der Waals surface area (Å²) >= 11 is 3.41. The Morgan fingerprint density at radius 1 is 1.17 bits per heavy atom. The first-order chi connectivity index (χ1) is 8.58.